The molecule has 0 aliphatic heterocycles. The van der Waals surface area contributed by atoms with Gasteiger partial charge in [-0.05, 0) is 31.6 Å². The second-order valence-corrected chi connectivity index (χ2v) is 5.73. The molecule has 0 bridgehead atoms. The number of aromatic nitrogens is 4. The Morgan fingerprint density at radius 2 is 2.12 bits per heavy atom. The zero-order chi connectivity index (χ0) is 18.1. The number of rotatable bonds is 5. The van der Waals surface area contributed by atoms with Gasteiger partial charge in [-0.3, -0.25) is 9.25 Å². The fourth-order valence-electron chi connectivity index (χ4n) is 2.88. The Morgan fingerprint density at radius 1 is 1.36 bits per heavy atom. The van der Waals surface area contributed by atoms with Crippen molar-refractivity contribution >= 4 is 23.1 Å². The molecule has 0 amide bonds. The molecule has 0 saturated heterocycles. The van der Waals surface area contributed by atoms with Crippen LogP contribution in [0.15, 0.2) is 30.0 Å². The maximum atomic E-state index is 11.4. The number of ether oxygens (including phenoxy) is 1. The van der Waals surface area contributed by atoms with Crippen molar-refractivity contribution in [3.05, 3.63) is 41.2 Å². The van der Waals surface area contributed by atoms with E-state index in [9.17, 15) is 9.90 Å². The van der Waals surface area contributed by atoms with Gasteiger partial charge < -0.3 is 9.84 Å². The summed E-state index contributed by atoms with van der Waals surface area (Å²) in [6.07, 6.45) is 4.02. The third-order valence-corrected chi connectivity index (χ3v) is 4.16. The Bertz CT molecular complexity index is 982. The van der Waals surface area contributed by atoms with Crippen LogP contribution in [-0.4, -0.2) is 37.5 Å². The molecule has 0 unspecified atom stereocenters. The fourth-order valence-corrected chi connectivity index (χ4v) is 2.88. The summed E-state index contributed by atoms with van der Waals surface area (Å²) in [6.45, 7) is 3.69. The molecular weight excluding hydrogens is 320 g/mol. The van der Waals surface area contributed by atoms with Crippen LogP contribution in [0, 0.1) is 6.92 Å². The van der Waals surface area contributed by atoms with Crippen LogP contribution in [0.1, 0.15) is 24.6 Å². The number of fused-ring (bicyclic) bond motifs is 1. The Hall–Kier alpha value is -3.09. The molecule has 7 nitrogen and oxygen atoms in total. The Balaban J connectivity index is 2.27. The van der Waals surface area contributed by atoms with Crippen molar-refractivity contribution in [2.45, 2.75) is 20.3 Å². The minimum absolute atomic E-state index is 0.333. The molecule has 3 aromatic rings. The van der Waals surface area contributed by atoms with Gasteiger partial charge in [-0.2, -0.15) is 10.1 Å². The van der Waals surface area contributed by atoms with Crippen LogP contribution in [-0.2, 0) is 11.8 Å². The molecule has 25 heavy (non-hydrogen) atoms. The molecule has 0 aliphatic carbocycles. The summed E-state index contributed by atoms with van der Waals surface area (Å²) in [5, 5.41) is 14.8. The summed E-state index contributed by atoms with van der Waals surface area (Å²) in [5.41, 5.74) is 2.59. The van der Waals surface area contributed by atoms with Gasteiger partial charge in [-0.15, -0.1) is 0 Å². The first kappa shape index (κ1) is 16.8. The van der Waals surface area contributed by atoms with Crippen molar-refractivity contribution in [2.24, 2.45) is 7.05 Å². The molecule has 0 saturated carbocycles. The van der Waals surface area contributed by atoms with Crippen LogP contribution in [0.2, 0.25) is 0 Å². The van der Waals surface area contributed by atoms with E-state index in [1.807, 2.05) is 49.9 Å². The van der Waals surface area contributed by atoms with Gasteiger partial charge in [0.25, 0.3) is 0 Å². The highest BCUT2D eigenvalue weighted by molar-refractivity contribution is 5.93. The Morgan fingerprint density at radius 3 is 2.76 bits per heavy atom. The van der Waals surface area contributed by atoms with Crippen LogP contribution in [0.4, 0.5) is 0 Å². The maximum absolute atomic E-state index is 11.4. The molecule has 3 heterocycles. The van der Waals surface area contributed by atoms with Gasteiger partial charge in [-0.1, -0.05) is 6.92 Å². The molecule has 130 valence electrons. The Kier molecular flexibility index (Phi) is 4.31. The topological polar surface area (TPSA) is 82.2 Å². The lowest BCUT2D eigenvalue weighted by atomic mass is 10.1. The van der Waals surface area contributed by atoms with E-state index in [1.54, 1.807) is 17.9 Å². The third kappa shape index (κ3) is 2.88. The molecule has 0 spiro atoms. The molecular formula is C18H20N4O3. The number of aliphatic carboxylic acids is 1. The number of nitrogens with zero attached hydrogens (tertiary/aromatic N) is 4. The number of aryl methyl sites for hydroxylation is 2. The first-order chi connectivity index (χ1) is 12.0. The van der Waals surface area contributed by atoms with E-state index in [-0.39, 0.29) is 0 Å². The third-order valence-electron chi connectivity index (χ3n) is 4.16. The summed E-state index contributed by atoms with van der Waals surface area (Å²) in [5.74, 6) is 0.359. The smallest absolute Gasteiger partial charge is 0.331 e. The van der Waals surface area contributed by atoms with Crippen LogP contribution < -0.4 is 4.74 Å². The lowest BCUT2D eigenvalue weighted by Gasteiger charge is -2.08. The zero-order valence-corrected chi connectivity index (χ0v) is 14.6. The second-order valence-electron chi connectivity index (χ2n) is 5.73. The highest BCUT2D eigenvalue weighted by atomic mass is 16.5. The van der Waals surface area contributed by atoms with E-state index in [4.69, 9.17) is 4.74 Å². The molecule has 3 rings (SSSR count). The number of carbonyl (C=O) groups is 1. The number of methoxy groups -OCH3 is 1. The Labute approximate surface area is 145 Å². The monoisotopic (exact) mass is 340 g/mol. The van der Waals surface area contributed by atoms with Crippen LogP contribution in [0.3, 0.4) is 0 Å². The van der Waals surface area contributed by atoms with Crippen LogP contribution in [0.25, 0.3) is 22.9 Å². The highest BCUT2D eigenvalue weighted by Crippen LogP contribution is 2.27. The number of hydrogen-bond acceptors (Lipinski definition) is 4. The van der Waals surface area contributed by atoms with Gasteiger partial charge in [0.05, 0.1) is 12.8 Å². The van der Waals surface area contributed by atoms with E-state index in [2.05, 4.69) is 10.1 Å². The van der Waals surface area contributed by atoms with Crippen molar-refractivity contribution in [1.82, 2.24) is 19.3 Å². The van der Waals surface area contributed by atoms with Gasteiger partial charge in [0.15, 0.2) is 0 Å². The normalized spacial score (nSPS) is 11.9. The highest BCUT2D eigenvalue weighted by Gasteiger charge is 2.18. The summed E-state index contributed by atoms with van der Waals surface area (Å²) in [6, 6.07) is 5.70. The SMILES string of the molecule is CCC(=Cc1c(C)nn(C)c1-n1ccc2ccc(OC)nc21)C(=O)O. The minimum atomic E-state index is -0.922. The van der Waals surface area contributed by atoms with Crippen molar-refractivity contribution < 1.29 is 14.6 Å². The summed E-state index contributed by atoms with van der Waals surface area (Å²) < 4.78 is 8.86. The van der Waals surface area contributed by atoms with Crippen LogP contribution in [0.5, 0.6) is 5.88 Å². The van der Waals surface area contributed by atoms with Gasteiger partial charge in [0.2, 0.25) is 5.88 Å². The molecule has 0 atom stereocenters. The summed E-state index contributed by atoms with van der Waals surface area (Å²) in [4.78, 5) is 15.9. The van der Waals surface area contributed by atoms with Gasteiger partial charge in [-0.25, -0.2) is 4.79 Å². The quantitative estimate of drug-likeness (QED) is 0.722. The average Bonchev–Trinajstić information content (AvgIpc) is 3.11. The predicted molar refractivity (Wildman–Crippen MR) is 95.0 cm³/mol. The first-order valence-electron chi connectivity index (χ1n) is 7.96. The number of carboxylic acid groups (broad SMARTS) is 1. The lowest BCUT2D eigenvalue weighted by Crippen LogP contribution is -2.05. The molecule has 3 aromatic heterocycles. The maximum Gasteiger partial charge on any atom is 0.331 e. The largest absolute Gasteiger partial charge is 0.481 e. The first-order valence-corrected chi connectivity index (χ1v) is 7.96. The molecule has 1 N–H and O–H groups in total. The van der Waals surface area contributed by atoms with Crippen molar-refractivity contribution in [1.29, 1.82) is 0 Å². The van der Waals surface area contributed by atoms with E-state index < -0.39 is 5.97 Å². The second kappa shape index (κ2) is 6.43. The zero-order valence-electron chi connectivity index (χ0n) is 14.6. The van der Waals surface area contributed by atoms with E-state index in [1.165, 1.54) is 0 Å². The minimum Gasteiger partial charge on any atom is -0.481 e. The molecule has 0 aliphatic rings. The lowest BCUT2D eigenvalue weighted by molar-refractivity contribution is -0.132. The van der Waals surface area contributed by atoms with E-state index >= 15 is 0 Å². The van der Waals surface area contributed by atoms with Gasteiger partial charge >= 0.3 is 5.97 Å². The predicted octanol–water partition coefficient (Wildman–Crippen LogP) is 2.95. The molecule has 0 fully saturated rings. The van der Waals surface area contributed by atoms with Crippen LogP contribution >= 0.6 is 0 Å². The standard InChI is InChI=1S/C18H20N4O3/c1-5-12(18(23)24)10-14-11(2)20-21(3)17(14)22-9-8-13-6-7-15(25-4)19-16(13)22/h6-10H,5H2,1-4H3,(H,23,24). The van der Waals surface area contributed by atoms with Crippen molar-refractivity contribution in [3.63, 3.8) is 0 Å². The van der Waals surface area contributed by atoms with E-state index in [0.29, 0.717) is 17.9 Å². The summed E-state index contributed by atoms with van der Waals surface area (Å²) >= 11 is 0. The van der Waals surface area contributed by atoms with Crippen molar-refractivity contribution in [3.8, 4) is 11.7 Å². The van der Waals surface area contributed by atoms with E-state index in [0.717, 1.165) is 28.1 Å². The molecule has 0 radical (unpaired) electrons. The number of hydrogen-bond donors (Lipinski definition) is 1. The van der Waals surface area contributed by atoms with Gasteiger partial charge in [0, 0.05) is 35.8 Å². The fraction of sp³-hybridized carbons (Fsp3) is 0.278. The van der Waals surface area contributed by atoms with Crippen molar-refractivity contribution in [2.75, 3.05) is 7.11 Å². The number of carboxylic acids is 1. The number of pyridine rings is 1. The van der Waals surface area contributed by atoms with Gasteiger partial charge in [0.1, 0.15) is 11.5 Å². The molecule has 0 aromatic carbocycles. The summed E-state index contributed by atoms with van der Waals surface area (Å²) in [7, 11) is 3.41. The molecule has 7 heteroatoms. The average molecular weight is 340 g/mol.